The Morgan fingerprint density at radius 1 is 1.00 bits per heavy atom. The van der Waals surface area contributed by atoms with E-state index < -0.39 is 0 Å². The van der Waals surface area contributed by atoms with Gasteiger partial charge in [-0.2, -0.15) is 9.97 Å². The van der Waals surface area contributed by atoms with Crippen molar-refractivity contribution in [1.29, 1.82) is 0 Å². The highest BCUT2D eigenvalue weighted by atomic mass is 15.3. The van der Waals surface area contributed by atoms with E-state index in [1.54, 1.807) is 6.33 Å². The zero-order valence-corrected chi connectivity index (χ0v) is 13.9. The number of aromatic nitrogens is 5. The third-order valence-electron chi connectivity index (χ3n) is 4.73. The largest absolute Gasteiger partial charge is 0.365 e. The van der Waals surface area contributed by atoms with Crippen molar-refractivity contribution in [1.82, 2.24) is 24.9 Å². The summed E-state index contributed by atoms with van der Waals surface area (Å²) in [6, 6.07) is 6.56. The molecule has 128 valence electrons. The van der Waals surface area contributed by atoms with Crippen molar-refractivity contribution < 1.29 is 0 Å². The van der Waals surface area contributed by atoms with Gasteiger partial charge in [0, 0.05) is 38.4 Å². The molecule has 3 aromatic heterocycles. The average Bonchev–Trinajstić information content (AvgIpc) is 3.35. The molecule has 25 heavy (non-hydrogen) atoms. The van der Waals surface area contributed by atoms with Gasteiger partial charge in [-0.1, -0.05) is 6.07 Å². The zero-order chi connectivity index (χ0) is 16.6. The van der Waals surface area contributed by atoms with Gasteiger partial charge in [-0.25, -0.2) is 9.97 Å². The molecule has 2 aliphatic rings. The van der Waals surface area contributed by atoms with Crippen LogP contribution in [0.1, 0.15) is 12.8 Å². The molecule has 2 fully saturated rings. The molecule has 8 heteroatoms. The number of nitrogens with one attached hydrogen (secondary N) is 2. The average molecular weight is 336 g/mol. The fourth-order valence-electron chi connectivity index (χ4n) is 3.16. The summed E-state index contributed by atoms with van der Waals surface area (Å²) in [5.74, 6) is 2.65. The van der Waals surface area contributed by atoms with Gasteiger partial charge in [0.25, 0.3) is 0 Å². The number of imidazole rings is 1. The number of hydrogen-bond acceptors (Lipinski definition) is 7. The highest BCUT2D eigenvalue weighted by Gasteiger charge is 2.25. The number of fused-ring (bicyclic) bond motifs is 1. The van der Waals surface area contributed by atoms with Crippen molar-refractivity contribution in [2.75, 3.05) is 41.3 Å². The maximum Gasteiger partial charge on any atom is 0.229 e. The molecule has 1 saturated carbocycles. The minimum atomic E-state index is 0.537. The summed E-state index contributed by atoms with van der Waals surface area (Å²) in [4.78, 5) is 25.9. The fraction of sp³-hybridized carbons (Fsp3) is 0.412. The Labute approximate surface area is 145 Å². The highest BCUT2D eigenvalue weighted by Crippen LogP contribution is 2.28. The number of nitrogens with zero attached hydrogens (tertiary/aromatic N) is 6. The molecule has 2 N–H and O–H groups in total. The van der Waals surface area contributed by atoms with E-state index in [0.717, 1.165) is 54.9 Å². The van der Waals surface area contributed by atoms with Gasteiger partial charge in [0.15, 0.2) is 11.5 Å². The van der Waals surface area contributed by atoms with Gasteiger partial charge in [0.1, 0.15) is 11.3 Å². The van der Waals surface area contributed by atoms with E-state index in [4.69, 9.17) is 4.98 Å². The Bertz CT molecular complexity index is 865. The molecule has 3 aromatic rings. The molecular formula is C17H20N8. The summed E-state index contributed by atoms with van der Waals surface area (Å²) in [6.07, 6.45) is 5.93. The van der Waals surface area contributed by atoms with Crippen LogP contribution in [0.5, 0.6) is 0 Å². The fourth-order valence-corrected chi connectivity index (χ4v) is 3.16. The zero-order valence-electron chi connectivity index (χ0n) is 13.9. The molecule has 0 atom stereocenters. The minimum Gasteiger partial charge on any atom is -0.365 e. The van der Waals surface area contributed by atoms with Crippen molar-refractivity contribution in [3.05, 3.63) is 30.7 Å². The Morgan fingerprint density at radius 3 is 2.60 bits per heavy atom. The second kappa shape index (κ2) is 5.87. The maximum atomic E-state index is 4.77. The summed E-state index contributed by atoms with van der Waals surface area (Å²) >= 11 is 0. The van der Waals surface area contributed by atoms with Crippen LogP contribution in [0, 0.1) is 0 Å². The number of piperazine rings is 1. The van der Waals surface area contributed by atoms with Gasteiger partial charge in [-0.15, -0.1) is 0 Å². The van der Waals surface area contributed by atoms with Crippen LogP contribution in [-0.4, -0.2) is 57.1 Å². The van der Waals surface area contributed by atoms with Crippen molar-refractivity contribution in [2.45, 2.75) is 18.9 Å². The second-order valence-corrected chi connectivity index (χ2v) is 6.55. The van der Waals surface area contributed by atoms with Gasteiger partial charge in [-0.3, -0.25) is 0 Å². The Balaban J connectivity index is 1.37. The van der Waals surface area contributed by atoms with Crippen LogP contribution in [-0.2, 0) is 0 Å². The topological polar surface area (TPSA) is 85.9 Å². The first-order valence-corrected chi connectivity index (χ1v) is 8.75. The van der Waals surface area contributed by atoms with E-state index >= 15 is 0 Å². The van der Waals surface area contributed by atoms with Crippen LogP contribution in [0.25, 0.3) is 11.2 Å². The summed E-state index contributed by atoms with van der Waals surface area (Å²) < 4.78 is 0. The second-order valence-electron chi connectivity index (χ2n) is 6.55. The van der Waals surface area contributed by atoms with E-state index in [1.807, 2.05) is 18.3 Å². The summed E-state index contributed by atoms with van der Waals surface area (Å²) in [5, 5.41) is 3.49. The first-order valence-electron chi connectivity index (χ1n) is 8.75. The SMILES string of the molecule is c1ccc(N2CCN(c3nc(NC4CC4)c4[nH]cnc4n3)CC2)nc1. The molecule has 5 rings (SSSR count). The number of hydrogen-bond donors (Lipinski definition) is 2. The van der Waals surface area contributed by atoms with Gasteiger partial charge in [0.05, 0.1) is 6.33 Å². The van der Waals surface area contributed by atoms with E-state index in [9.17, 15) is 0 Å². The minimum absolute atomic E-state index is 0.537. The molecule has 0 radical (unpaired) electrons. The van der Waals surface area contributed by atoms with Crippen LogP contribution in [0.4, 0.5) is 17.6 Å². The maximum absolute atomic E-state index is 4.77. The molecule has 0 aromatic carbocycles. The van der Waals surface area contributed by atoms with Crippen LogP contribution in [0.15, 0.2) is 30.7 Å². The Hall–Kier alpha value is -2.90. The van der Waals surface area contributed by atoms with Crippen molar-refractivity contribution >= 4 is 28.7 Å². The monoisotopic (exact) mass is 336 g/mol. The van der Waals surface area contributed by atoms with Crippen molar-refractivity contribution in [2.24, 2.45) is 0 Å². The molecule has 0 amide bonds. The molecule has 1 aliphatic carbocycles. The highest BCUT2D eigenvalue weighted by molar-refractivity contribution is 5.84. The normalized spacial score (nSPS) is 17.9. The molecule has 1 aliphatic heterocycles. The first-order chi connectivity index (χ1) is 12.4. The lowest BCUT2D eigenvalue weighted by molar-refractivity contribution is 0.636. The number of rotatable bonds is 4. The molecule has 1 saturated heterocycles. The van der Waals surface area contributed by atoms with E-state index in [-0.39, 0.29) is 0 Å². The first kappa shape index (κ1) is 14.4. The summed E-state index contributed by atoms with van der Waals surface area (Å²) in [6.45, 7) is 3.56. The molecule has 0 spiro atoms. The van der Waals surface area contributed by atoms with Gasteiger partial charge in [0.2, 0.25) is 5.95 Å². The van der Waals surface area contributed by atoms with Gasteiger partial charge < -0.3 is 20.1 Å². The number of pyridine rings is 1. The van der Waals surface area contributed by atoms with E-state index in [0.29, 0.717) is 6.04 Å². The molecule has 0 bridgehead atoms. The Kier molecular flexibility index (Phi) is 3.39. The number of anilines is 3. The van der Waals surface area contributed by atoms with Crippen LogP contribution >= 0.6 is 0 Å². The smallest absolute Gasteiger partial charge is 0.229 e. The van der Waals surface area contributed by atoms with Gasteiger partial charge >= 0.3 is 0 Å². The van der Waals surface area contributed by atoms with Crippen molar-refractivity contribution in [3.63, 3.8) is 0 Å². The van der Waals surface area contributed by atoms with Crippen LogP contribution in [0.2, 0.25) is 0 Å². The molecule has 0 unspecified atom stereocenters. The predicted molar refractivity (Wildman–Crippen MR) is 97.0 cm³/mol. The molecular weight excluding hydrogens is 316 g/mol. The quantitative estimate of drug-likeness (QED) is 0.749. The lowest BCUT2D eigenvalue weighted by Crippen LogP contribution is -2.47. The summed E-state index contributed by atoms with van der Waals surface area (Å²) in [5.41, 5.74) is 1.61. The Morgan fingerprint density at radius 2 is 1.84 bits per heavy atom. The third-order valence-corrected chi connectivity index (χ3v) is 4.73. The van der Waals surface area contributed by atoms with Gasteiger partial charge in [-0.05, 0) is 25.0 Å². The van der Waals surface area contributed by atoms with E-state index in [2.05, 4.69) is 41.1 Å². The standard InChI is InChI=1S/C17H20N8/c1-2-6-18-13(3-1)24-7-9-25(10-8-24)17-22-15-14(19-11-20-15)16(23-17)21-12-4-5-12/h1-3,6,11-12H,4-5,7-10H2,(H2,19,20,21,22,23). The molecule has 4 heterocycles. The lowest BCUT2D eigenvalue weighted by Gasteiger charge is -2.35. The van der Waals surface area contributed by atoms with Crippen molar-refractivity contribution in [3.8, 4) is 0 Å². The number of aromatic amines is 1. The van der Waals surface area contributed by atoms with E-state index in [1.165, 1.54) is 12.8 Å². The van der Waals surface area contributed by atoms with Crippen LogP contribution < -0.4 is 15.1 Å². The summed E-state index contributed by atoms with van der Waals surface area (Å²) in [7, 11) is 0. The predicted octanol–water partition coefficient (Wildman–Crippen LogP) is 1.65. The lowest BCUT2D eigenvalue weighted by atomic mass is 10.3. The third kappa shape index (κ3) is 2.84. The molecule has 8 nitrogen and oxygen atoms in total. The van der Waals surface area contributed by atoms with Crippen LogP contribution in [0.3, 0.4) is 0 Å². The number of H-pyrrole nitrogens is 1.